The standard InChI is InChI=1S/C13H16N2O5/c1-14-7-11(16)15-10-5-8(12(17)19-2)4-9(6-10)13(18)20-3/h4-6,14H,7H2,1-3H3,(H,15,16). The van der Waals surface area contributed by atoms with Gasteiger partial charge in [-0.1, -0.05) is 0 Å². The van der Waals surface area contributed by atoms with Crippen LogP contribution < -0.4 is 10.6 Å². The minimum Gasteiger partial charge on any atom is -0.465 e. The molecule has 1 aromatic carbocycles. The fourth-order valence-corrected chi connectivity index (χ4v) is 1.54. The predicted octanol–water partition coefficient (Wildman–Crippen LogP) is 0.418. The molecule has 7 heteroatoms. The number of anilines is 1. The fraction of sp³-hybridized carbons (Fsp3) is 0.308. The van der Waals surface area contributed by atoms with Crippen molar-refractivity contribution in [3.63, 3.8) is 0 Å². The third-order valence-corrected chi connectivity index (χ3v) is 2.40. The van der Waals surface area contributed by atoms with Gasteiger partial charge in [0.05, 0.1) is 31.9 Å². The molecule has 0 saturated carbocycles. The van der Waals surface area contributed by atoms with Crippen LogP contribution in [0.1, 0.15) is 20.7 Å². The quantitative estimate of drug-likeness (QED) is 0.759. The van der Waals surface area contributed by atoms with Crippen LogP contribution in [0.5, 0.6) is 0 Å². The number of esters is 2. The smallest absolute Gasteiger partial charge is 0.337 e. The van der Waals surface area contributed by atoms with Gasteiger partial charge < -0.3 is 20.1 Å². The van der Waals surface area contributed by atoms with Gasteiger partial charge in [-0.3, -0.25) is 4.79 Å². The number of methoxy groups -OCH3 is 2. The number of benzene rings is 1. The van der Waals surface area contributed by atoms with Crippen molar-refractivity contribution >= 4 is 23.5 Å². The van der Waals surface area contributed by atoms with Crippen LogP contribution in [0.25, 0.3) is 0 Å². The van der Waals surface area contributed by atoms with Crippen LogP contribution in [-0.2, 0) is 14.3 Å². The molecule has 0 radical (unpaired) electrons. The summed E-state index contributed by atoms with van der Waals surface area (Å²) in [6, 6.07) is 4.18. The Morgan fingerprint density at radius 1 is 1.00 bits per heavy atom. The highest BCUT2D eigenvalue weighted by Crippen LogP contribution is 2.17. The number of ether oxygens (including phenoxy) is 2. The molecule has 0 aromatic heterocycles. The molecule has 0 fully saturated rings. The lowest BCUT2D eigenvalue weighted by atomic mass is 10.1. The van der Waals surface area contributed by atoms with Gasteiger partial charge in [0, 0.05) is 5.69 Å². The Bertz CT molecular complexity index is 493. The van der Waals surface area contributed by atoms with E-state index in [0.717, 1.165) is 0 Å². The number of amides is 1. The summed E-state index contributed by atoms with van der Waals surface area (Å²) in [5.41, 5.74) is 0.610. The summed E-state index contributed by atoms with van der Waals surface area (Å²) in [5.74, 6) is -1.52. The second kappa shape index (κ2) is 7.25. The molecule has 0 bridgehead atoms. The first-order valence-corrected chi connectivity index (χ1v) is 5.78. The fourth-order valence-electron chi connectivity index (χ4n) is 1.54. The summed E-state index contributed by atoms with van der Waals surface area (Å²) in [6.45, 7) is 0.107. The van der Waals surface area contributed by atoms with E-state index in [-0.39, 0.29) is 23.6 Å². The lowest BCUT2D eigenvalue weighted by Crippen LogP contribution is -2.25. The number of carbonyl (C=O) groups excluding carboxylic acids is 3. The normalized spacial score (nSPS) is 9.75. The van der Waals surface area contributed by atoms with Gasteiger partial charge in [0.2, 0.25) is 5.91 Å². The van der Waals surface area contributed by atoms with Gasteiger partial charge in [-0.25, -0.2) is 9.59 Å². The Hall–Kier alpha value is -2.41. The summed E-state index contributed by atoms with van der Waals surface area (Å²) < 4.78 is 9.19. The average Bonchev–Trinajstić information content (AvgIpc) is 2.45. The molecule has 1 amide bonds. The third-order valence-electron chi connectivity index (χ3n) is 2.40. The number of hydrogen-bond acceptors (Lipinski definition) is 6. The molecule has 20 heavy (non-hydrogen) atoms. The first-order valence-electron chi connectivity index (χ1n) is 5.78. The van der Waals surface area contributed by atoms with E-state index in [0.29, 0.717) is 5.69 Å². The topological polar surface area (TPSA) is 93.7 Å². The first-order chi connectivity index (χ1) is 9.51. The van der Waals surface area contributed by atoms with Gasteiger partial charge in [-0.15, -0.1) is 0 Å². The Labute approximate surface area is 116 Å². The first kappa shape index (κ1) is 15.6. The highest BCUT2D eigenvalue weighted by molar-refractivity contribution is 5.99. The summed E-state index contributed by atoms with van der Waals surface area (Å²) in [5, 5.41) is 5.25. The van der Waals surface area contributed by atoms with E-state index in [2.05, 4.69) is 20.1 Å². The summed E-state index contributed by atoms with van der Waals surface area (Å²) in [7, 11) is 4.09. The van der Waals surface area contributed by atoms with Crippen LogP contribution in [0.3, 0.4) is 0 Å². The summed E-state index contributed by atoms with van der Waals surface area (Å²) in [6.07, 6.45) is 0. The second-order valence-electron chi connectivity index (χ2n) is 3.86. The molecule has 2 N–H and O–H groups in total. The molecule has 0 aliphatic carbocycles. The molecule has 0 spiro atoms. The Kier molecular flexibility index (Phi) is 5.67. The van der Waals surface area contributed by atoms with Crippen molar-refractivity contribution < 1.29 is 23.9 Å². The zero-order chi connectivity index (χ0) is 15.1. The largest absolute Gasteiger partial charge is 0.465 e. The van der Waals surface area contributed by atoms with E-state index in [9.17, 15) is 14.4 Å². The van der Waals surface area contributed by atoms with Crippen molar-refractivity contribution in [3.8, 4) is 0 Å². The maximum Gasteiger partial charge on any atom is 0.337 e. The van der Waals surface area contributed by atoms with Crippen LogP contribution in [0.2, 0.25) is 0 Å². The van der Waals surface area contributed by atoms with E-state index in [1.807, 2.05) is 0 Å². The zero-order valence-corrected chi connectivity index (χ0v) is 11.5. The van der Waals surface area contributed by atoms with Gasteiger partial charge in [0.25, 0.3) is 0 Å². The molecule has 7 nitrogen and oxygen atoms in total. The van der Waals surface area contributed by atoms with Crippen LogP contribution >= 0.6 is 0 Å². The van der Waals surface area contributed by atoms with Gasteiger partial charge in [0.15, 0.2) is 0 Å². The van der Waals surface area contributed by atoms with Gasteiger partial charge in [-0.05, 0) is 25.2 Å². The van der Waals surface area contributed by atoms with Crippen molar-refractivity contribution in [1.29, 1.82) is 0 Å². The van der Waals surface area contributed by atoms with Crippen LogP contribution in [0, 0.1) is 0 Å². The van der Waals surface area contributed by atoms with E-state index >= 15 is 0 Å². The zero-order valence-electron chi connectivity index (χ0n) is 11.5. The van der Waals surface area contributed by atoms with Crippen molar-refractivity contribution in [3.05, 3.63) is 29.3 Å². The molecule has 0 aliphatic rings. The highest BCUT2D eigenvalue weighted by atomic mass is 16.5. The maximum absolute atomic E-state index is 11.5. The Morgan fingerprint density at radius 2 is 1.50 bits per heavy atom. The van der Waals surface area contributed by atoms with E-state index in [1.165, 1.54) is 32.4 Å². The Balaban J connectivity index is 3.12. The molecule has 0 heterocycles. The molecule has 0 aliphatic heterocycles. The highest BCUT2D eigenvalue weighted by Gasteiger charge is 2.14. The minimum absolute atomic E-state index is 0.107. The minimum atomic E-state index is -0.611. The van der Waals surface area contributed by atoms with Gasteiger partial charge >= 0.3 is 11.9 Å². The third kappa shape index (κ3) is 4.06. The lowest BCUT2D eigenvalue weighted by Gasteiger charge is -2.09. The van der Waals surface area contributed by atoms with E-state index in [1.54, 1.807) is 7.05 Å². The monoisotopic (exact) mass is 280 g/mol. The molecule has 0 unspecified atom stereocenters. The van der Waals surface area contributed by atoms with Gasteiger partial charge in [-0.2, -0.15) is 0 Å². The number of rotatable bonds is 5. The molecule has 108 valence electrons. The lowest BCUT2D eigenvalue weighted by molar-refractivity contribution is -0.115. The average molecular weight is 280 g/mol. The molecule has 0 atom stereocenters. The van der Waals surface area contributed by atoms with Crippen molar-refractivity contribution in [2.75, 3.05) is 33.1 Å². The molecular formula is C13H16N2O5. The van der Waals surface area contributed by atoms with Crippen LogP contribution in [-0.4, -0.2) is 45.7 Å². The van der Waals surface area contributed by atoms with Gasteiger partial charge in [0.1, 0.15) is 0 Å². The SMILES string of the molecule is CNCC(=O)Nc1cc(C(=O)OC)cc(C(=O)OC)c1. The second-order valence-corrected chi connectivity index (χ2v) is 3.86. The summed E-state index contributed by atoms with van der Waals surface area (Å²) in [4.78, 5) is 34.6. The number of nitrogens with one attached hydrogen (secondary N) is 2. The van der Waals surface area contributed by atoms with E-state index in [4.69, 9.17) is 0 Å². The van der Waals surface area contributed by atoms with Crippen molar-refractivity contribution in [1.82, 2.24) is 5.32 Å². The van der Waals surface area contributed by atoms with Crippen LogP contribution in [0.15, 0.2) is 18.2 Å². The molecule has 1 rings (SSSR count). The van der Waals surface area contributed by atoms with Crippen molar-refractivity contribution in [2.45, 2.75) is 0 Å². The number of hydrogen-bond donors (Lipinski definition) is 2. The van der Waals surface area contributed by atoms with Crippen LogP contribution in [0.4, 0.5) is 5.69 Å². The van der Waals surface area contributed by atoms with E-state index < -0.39 is 11.9 Å². The predicted molar refractivity (Wildman–Crippen MR) is 71.7 cm³/mol. The molecule has 1 aromatic rings. The maximum atomic E-state index is 11.5. The summed E-state index contributed by atoms with van der Waals surface area (Å²) >= 11 is 0. The number of carbonyl (C=O) groups is 3. The molecular weight excluding hydrogens is 264 g/mol. The van der Waals surface area contributed by atoms with Crippen molar-refractivity contribution in [2.24, 2.45) is 0 Å². The molecule has 0 saturated heterocycles. The number of likely N-dealkylation sites (N-methyl/N-ethyl adjacent to an activating group) is 1. The Morgan fingerprint density at radius 3 is 1.90 bits per heavy atom.